The molecule has 0 radical (unpaired) electrons. The van der Waals surface area contributed by atoms with Crippen molar-refractivity contribution in [1.82, 2.24) is 0 Å². The van der Waals surface area contributed by atoms with Crippen LogP contribution in [0.15, 0.2) is 12.1 Å². The number of hydrogen-bond donors (Lipinski definition) is 1. The van der Waals surface area contributed by atoms with E-state index in [1.807, 2.05) is 6.07 Å². The molecule has 0 fully saturated rings. The molecule has 0 spiro atoms. The van der Waals surface area contributed by atoms with Crippen LogP contribution in [0.2, 0.25) is 0 Å². The Labute approximate surface area is 108 Å². The minimum absolute atomic E-state index is 0.181. The Balaban J connectivity index is 2.02. The van der Waals surface area contributed by atoms with E-state index in [0.717, 1.165) is 36.3 Å². The maximum Gasteiger partial charge on any atom is 0.161 e. The Hall–Kier alpha value is -1.22. The number of rotatable bonds is 0. The fraction of sp³-hybridized carbons (Fsp3) is 0.600. The van der Waals surface area contributed by atoms with Gasteiger partial charge in [0.05, 0.1) is 6.10 Å². The van der Waals surface area contributed by atoms with Crippen LogP contribution in [-0.2, 0) is 6.42 Å². The first-order valence-electron chi connectivity index (χ1n) is 6.66. The molecule has 1 aliphatic carbocycles. The van der Waals surface area contributed by atoms with Crippen molar-refractivity contribution in [2.45, 2.75) is 39.2 Å². The average Bonchev–Trinajstić information content (AvgIpc) is 2.44. The number of aliphatic hydroxyl groups excluding tert-OH is 1. The Kier molecular flexibility index (Phi) is 2.74. The molecular weight excluding hydrogens is 228 g/mol. The van der Waals surface area contributed by atoms with Crippen molar-refractivity contribution in [2.75, 3.05) is 13.2 Å². The zero-order valence-corrected chi connectivity index (χ0v) is 11.0. The lowest BCUT2D eigenvalue weighted by Gasteiger charge is -2.24. The highest BCUT2D eigenvalue weighted by molar-refractivity contribution is 5.49. The van der Waals surface area contributed by atoms with E-state index in [0.29, 0.717) is 13.2 Å². The SMILES string of the molecule is CC1(C)CCc2cc3c(cc2C(O)C1)OCCO3. The van der Waals surface area contributed by atoms with Gasteiger partial charge in [-0.05, 0) is 47.9 Å². The first-order chi connectivity index (χ1) is 8.55. The number of fused-ring (bicyclic) bond motifs is 2. The largest absolute Gasteiger partial charge is 0.486 e. The second kappa shape index (κ2) is 4.16. The predicted octanol–water partition coefficient (Wildman–Crippen LogP) is 2.85. The summed E-state index contributed by atoms with van der Waals surface area (Å²) in [4.78, 5) is 0. The van der Waals surface area contributed by atoms with Crippen LogP contribution in [-0.4, -0.2) is 18.3 Å². The van der Waals surface area contributed by atoms with Crippen molar-refractivity contribution < 1.29 is 14.6 Å². The first kappa shape index (κ1) is 11.8. The van der Waals surface area contributed by atoms with Crippen LogP contribution in [0.25, 0.3) is 0 Å². The first-order valence-corrected chi connectivity index (χ1v) is 6.66. The summed E-state index contributed by atoms with van der Waals surface area (Å²) in [6, 6.07) is 4.02. The number of hydrogen-bond acceptors (Lipinski definition) is 3. The molecule has 3 heteroatoms. The van der Waals surface area contributed by atoms with Gasteiger partial charge in [-0.15, -0.1) is 0 Å². The monoisotopic (exact) mass is 248 g/mol. The van der Waals surface area contributed by atoms with Gasteiger partial charge in [0, 0.05) is 0 Å². The summed E-state index contributed by atoms with van der Waals surface area (Å²) in [6.07, 6.45) is 2.50. The summed E-state index contributed by atoms with van der Waals surface area (Å²) < 4.78 is 11.2. The lowest BCUT2D eigenvalue weighted by molar-refractivity contribution is 0.115. The van der Waals surface area contributed by atoms with Gasteiger partial charge < -0.3 is 14.6 Å². The molecule has 1 unspecified atom stereocenters. The van der Waals surface area contributed by atoms with Crippen LogP contribution in [0.4, 0.5) is 0 Å². The number of benzene rings is 1. The minimum Gasteiger partial charge on any atom is -0.486 e. The summed E-state index contributed by atoms with van der Waals surface area (Å²) in [6.45, 7) is 5.64. The van der Waals surface area contributed by atoms with Gasteiger partial charge in [0.2, 0.25) is 0 Å². The van der Waals surface area contributed by atoms with E-state index in [1.165, 1.54) is 5.56 Å². The highest BCUT2D eigenvalue weighted by Crippen LogP contribution is 2.43. The van der Waals surface area contributed by atoms with Crippen LogP contribution in [0.1, 0.15) is 43.9 Å². The lowest BCUT2D eigenvalue weighted by atomic mass is 9.84. The van der Waals surface area contributed by atoms with Crippen molar-refractivity contribution in [2.24, 2.45) is 5.41 Å². The summed E-state index contributed by atoms with van der Waals surface area (Å²) in [5, 5.41) is 10.4. The van der Waals surface area contributed by atoms with Crippen molar-refractivity contribution in [3.8, 4) is 11.5 Å². The highest BCUT2D eigenvalue weighted by Gasteiger charge is 2.30. The van der Waals surface area contributed by atoms with Gasteiger partial charge in [-0.3, -0.25) is 0 Å². The third-order valence-electron chi connectivity index (χ3n) is 3.98. The van der Waals surface area contributed by atoms with Crippen LogP contribution in [0.5, 0.6) is 11.5 Å². The van der Waals surface area contributed by atoms with E-state index in [4.69, 9.17) is 9.47 Å². The quantitative estimate of drug-likeness (QED) is 0.717. The topological polar surface area (TPSA) is 38.7 Å². The molecule has 0 bridgehead atoms. The Morgan fingerprint density at radius 1 is 1.17 bits per heavy atom. The van der Waals surface area contributed by atoms with Gasteiger partial charge in [-0.2, -0.15) is 0 Å². The molecule has 1 aliphatic heterocycles. The van der Waals surface area contributed by atoms with Gasteiger partial charge in [0.25, 0.3) is 0 Å². The fourth-order valence-electron chi connectivity index (χ4n) is 2.88. The van der Waals surface area contributed by atoms with Crippen molar-refractivity contribution in [1.29, 1.82) is 0 Å². The zero-order chi connectivity index (χ0) is 12.8. The molecule has 1 aromatic rings. The van der Waals surface area contributed by atoms with Gasteiger partial charge in [0.1, 0.15) is 13.2 Å². The molecule has 0 saturated heterocycles. The molecule has 98 valence electrons. The molecule has 0 amide bonds. The van der Waals surface area contributed by atoms with E-state index in [-0.39, 0.29) is 5.41 Å². The molecule has 0 aromatic heterocycles. The molecule has 2 aliphatic rings. The molecule has 1 atom stereocenters. The third kappa shape index (κ3) is 2.07. The number of aliphatic hydroxyl groups is 1. The maximum atomic E-state index is 10.4. The molecule has 3 rings (SSSR count). The van der Waals surface area contributed by atoms with Gasteiger partial charge in [0.15, 0.2) is 11.5 Å². The lowest BCUT2D eigenvalue weighted by Crippen LogP contribution is -2.16. The molecule has 1 aromatic carbocycles. The third-order valence-corrected chi connectivity index (χ3v) is 3.98. The Bertz CT molecular complexity index is 465. The van der Waals surface area contributed by atoms with E-state index in [9.17, 15) is 5.11 Å². The maximum absolute atomic E-state index is 10.4. The van der Waals surface area contributed by atoms with E-state index < -0.39 is 6.10 Å². The van der Waals surface area contributed by atoms with E-state index in [1.54, 1.807) is 0 Å². The van der Waals surface area contributed by atoms with Gasteiger partial charge in [-0.25, -0.2) is 0 Å². The van der Waals surface area contributed by atoms with Crippen LogP contribution < -0.4 is 9.47 Å². The van der Waals surface area contributed by atoms with Crippen molar-refractivity contribution in [3.63, 3.8) is 0 Å². The molecule has 18 heavy (non-hydrogen) atoms. The molecule has 0 saturated carbocycles. The fourth-order valence-corrected chi connectivity index (χ4v) is 2.88. The normalized spacial score (nSPS) is 25.2. The van der Waals surface area contributed by atoms with Gasteiger partial charge >= 0.3 is 0 Å². The minimum atomic E-state index is -0.395. The summed E-state index contributed by atoms with van der Waals surface area (Å²) in [5.41, 5.74) is 2.41. The Morgan fingerprint density at radius 3 is 2.56 bits per heavy atom. The standard InChI is InChI=1S/C15H20O3/c1-15(2)4-3-10-7-13-14(18-6-5-17-13)8-11(10)12(16)9-15/h7-8,12,16H,3-6,9H2,1-2H3. The summed E-state index contributed by atoms with van der Waals surface area (Å²) in [7, 11) is 0. The number of aryl methyl sites for hydroxylation is 1. The van der Waals surface area contributed by atoms with E-state index >= 15 is 0 Å². The van der Waals surface area contributed by atoms with Crippen LogP contribution in [0.3, 0.4) is 0 Å². The molecular formula is C15H20O3. The van der Waals surface area contributed by atoms with Crippen molar-refractivity contribution in [3.05, 3.63) is 23.3 Å². The molecule has 1 heterocycles. The summed E-state index contributed by atoms with van der Waals surface area (Å²) in [5.74, 6) is 1.60. The predicted molar refractivity (Wildman–Crippen MR) is 69.1 cm³/mol. The molecule has 3 nitrogen and oxygen atoms in total. The zero-order valence-electron chi connectivity index (χ0n) is 11.0. The van der Waals surface area contributed by atoms with Gasteiger partial charge in [-0.1, -0.05) is 13.8 Å². The van der Waals surface area contributed by atoms with Crippen LogP contribution >= 0.6 is 0 Å². The Morgan fingerprint density at radius 2 is 1.83 bits per heavy atom. The van der Waals surface area contributed by atoms with E-state index in [2.05, 4.69) is 19.9 Å². The second-order valence-electron chi connectivity index (χ2n) is 6.08. The van der Waals surface area contributed by atoms with Crippen LogP contribution in [0, 0.1) is 5.41 Å². The second-order valence-corrected chi connectivity index (χ2v) is 6.08. The average molecular weight is 248 g/mol. The van der Waals surface area contributed by atoms with Crippen molar-refractivity contribution >= 4 is 0 Å². The highest BCUT2D eigenvalue weighted by atomic mass is 16.6. The smallest absolute Gasteiger partial charge is 0.161 e. The molecule has 1 N–H and O–H groups in total. The number of ether oxygens (including phenoxy) is 2. The summed E-state index contributed by atoms with van der Waals surface area (Å²) >= 11 is 0.